The van der Waals surface area contributed by atoms with Gasteiger partial charge in [0.2, 0.25) is 11.7 Å². The van der Waals surface area contributed by atoms with Crippen LogP contribution in [0, 0.1) is 12.9 Å². The van der Waals surface area contributed by atoms with Crippen LogP contribution in [-0.4, -0.2) is 28.9 Å². The Labute approximate surface area is 144 Å². The van der Waals surface area contributed by atoms with Gasteiger partial charge in [-0.25, -0.2) is 19.9 Å². The molecule has 4 rings (SSSR count). The zero-order chi connectivity index (χ0) is 17.4. The number of halogens is 1. The molecule has 6 nitrogen and oxygen atoms in total. The predicted octanol–water partition coefficient (Wildman–Crippen LogP) is 3.05. The van der Waals surface area contributed by atoms with Crippen molar-refractivity contribution in [3.8, 4) is 11.5 Å². The zero-order valence-corrected chi connectivity index (χ0v) is 14.0. The molecule has 25 heavy (non-hydrogen) atoms. The van der Waals surface area contributed by atoms with Gasteiger partial charge < -0.3 is 4.57 Å². The number of hydrogen-bond donors (Lipinski definition) is 0. The summed E-state index contributed by atoms with van der Waals surface area (Å²) in [7, 11) is 0. The van der Waals surface area contributed by atoms with Gasteiger partial charge in [-0.3, -0.25) is 4.40 Å². The van der Waals surface area contributed by atoms with E-state index in [1.54, 1.807) is 18.3 Å². The fourth-order valence-electron chi connectivity index (χ4n) is 2.98. The highest BCUT2D eigenvalue weighted by molar-refractivity contribution is 5.49. The monoisotopic (exact) mass is 336 g/mol. The van der Waals surface area contributed by atoms with E-state index in [0.717, 1.165) is 23.5 Å². The van der Waals surface area contributed by atoms with E-state index in [4.69, 9.17) is 0 Å². The van der Waals surface area contributed by atoms with Gasteiger partial charge in [-0.05, 0) is 31.5 Å². The zero-order valence-electron chi connectivity index (χ0n) is 14.0. The Kier molecular flexibility index (Phi) is 3.76. The molecule has 7 heteroatoms. The van der Waals surface area contributed by atoms with Crippen LogP contribution in [0.15, 0.2) is 42.9 Å². The highest BCUT2D eigenvalue weighted by Gasteiger charge is 2.15. The quantitative estimate of drug-likeness (QED) is 0.538. The summed E-state index contributed by atoms with van der Waals surface area (Å²) in [5.41, 5.74) is 3.46. The molecule has 0 unspecified atom stereocenters. The first-order valence-corrected chi connectivity index (χ1v) is 8.13. The minimum Gasteiger partial charge on any atom is -0.324 e. The summed E-state index contributed by atoms with van der Waals surface area (Å²) >= 11 is 0. The van der Waals surface area contributed by atoms with E-state index in [1.165, 1.54) is 6.07 Å². The van der Waals surface area contributed by atoms with Crippen molar-refractivity contribution in [1.82, 2.24) is 28.9 Å². The van der Waals surface area contributed by atoms with Crippen molar-refractivity contribution in [3.63, 3.8) is 0 Å². The van der Waals surface area contributed by atoms with Crippen molar-refractivity contribution >= 4 is 5.78 Å². The lowest BCUT2D eigenvalue weighted by atomic mass is 10.2. The number of aromatic nitrogens is 6. The first-order chi connectivity index (χ1) is 12.2. The first-order valence-electron chi connectivity index (χ1n) is 8.13. The van der Waals surface area contributed by atoms with Crippen molar-refractivity contribution in [2.45, 2.75) is 26.8 Å². The summed E-state index contributed by atoms with van der Waals surface area (Å²) < 4.78 is 17.4. The van der Waals surface area contributed by atoms with Crippen molar-refractivity contribution in [1.29, 1.82) is 0 Å². The molecule has 0 atom stereocenters. The molecule has 0 saturated carbocycles. The Bertz CT molecular complexity index is 1050. The van der Waals surface area contributed by atoms with Gasteiger partial charge in [-0.1, -0.05) is 13.0 Å². The minimum atomic E-state index is -0.520. The number of aryl methyl sites for hydroxylation is 2. The number of fused-ring (bicyclic) bond motifs is 1. The van der Waals surface area contributed by atoms with Crippen LogP contribution in [0.25, 0.3) is 17.3 Å². The van der Waals surface area contributed by atoms with Gasteiger partial charge in [0.05, 0.1) is 12.2 Å². The molecule has 0 bridgehead atoms. The largest absolute Gasteiger partial charge is 0.324 e. The average molecular weight is 336 g/mol. The number of hydrogen-bond acceptors (Lipinski definition) is 4. The third kappa shape index (κ3) is 2.77. The molecule has 4 aromatic rings. The van der Waals surface area contributed by atoms with Gasteiger partial charge in [0.1, 0.15) is 5.69 Å². The van der Waals surface area contributed by atoms with E-state index in [1.807, 2.05) is 34.4 Å². The van der Waals surface area contributed by atoms with E-state index >= 15 is 0 Å². The molecule has 0 spiro atoms. The van der Waals surface area contributed by atoms with Crippen LogP contribution < -0.4 is 0 Å². The third-order valence-electron chi connectivity index (χ3n) is 4.13. The summed E-state index contributed by atoms with van der Waals surface area (Å²) in [4.78, 5) is 17.4. The van der Waals surface area contributed by atoms with Crippen LogP contribution in [0.3, 0.4) is 0 Å². The highest BCUT2D eigenvalue weighted by atomic mass is 19.1. The van der Waals surface area contributed by atoms with Gasteiger partial charge in [0.25, 0.3) is 0 Å². The Morgan fingerprint density at radius 1 is 1.08 bits per heavy atom. The second kappa shape index (κ2) is 6.08. The molecule has 0 radical (unpaired) electrons. The van der Waals surface area contributed by atoms with E-state index in [-0.39, 0.29) is 0 Å². The number of rotatable bonds is 4. The van der Waals surface area contributed by atoms with E-state index < -0.39 is 5.95 Å². The maximum absolute atomic E-state index is 13.4. The van der Waals surface area contributed by atoms with Gasteiger partial charge in [-0.15, -0.1) is 0 Å². The summed E-state index contributed by atoms with van der Waals surface area (Å²) in [6.45, 7) is 4.57. The van der Waals surface area contributed by atoms with Gasteiger partial charge in [0.15, 0.2) is 5.82 Å². The molecular formula is C18H17FN6. The minimum absolute atomic E-state index is 0.501. The average Bonchev–Trinajstić information content (AvgIpc) is 3.18. The van der Waals surface area contributed by atoms with E-state index in [0.29, 0.717) is 23.8 Å². The summed E-state index contributed by atoms with van der Waals surface area (Å²) in [6.07, 6.45) is 6.37. The standard InChI is InChI=1S/C18H17FN6/c1-3-15-14(23-18-21-12(2)7-9-25(15)18)11-24-10-8-20-17(24)13-5-4-6-16(19)22-13/h4-10H,3,11H2,1-2H3. The molecule has 0 aromatic carbocycles. The van der Waals surface area contributed by atoms with E-state index in [2.05, 4.69) is 26.9 Å². The Hall–Kier alpha value is -3.09. The van der Waals surface area contributed by atoms with Gasteiger partial charge in [0, 0.05) is 30.0 Å². The second-order valence-electron chi connectivity index (χ2n) is 5.82. The molecule has 126 valence electrons. The number of imidazole rings is 2. The summed E-state index contributed by atoms with van der Waals surface area (Å²) in [5.74, 6) is 0.786. The SMILES string of the molecule is CCc1c(Cn2ccnc2-c2cccc(F)n2)nc2nc(C)ccn12. The Morgan fingerprint density at radius 2 is 1.96 bits per heavy atom. The van der Waals surface area contributed by atoms with Crippen LogP contribution in [0.1, 0.15) is 24.0 Å². The second-order valence-corrected chi connectivity index (χ2v) is 5.82. The third-order valence-corrected chi connectivity index (χ3v) is 4.13. The fraction of sp³-hybridized carbons (Fsp3) is 0.222. The Morgan fingerprint density at radius 3 is 2.76 bits per heavy atom. The molecule has 4 aromatic heterocycles. The van der Waals surface area contributed by atoms with Crippen LogP contribution in [0.4, 0.5) is 4.39 Å². The smallest absolute Gasteiger partial charge is 0.234 e. The van der Waals surface area contributed by atoms with Crippen molar-refractivity contribution < 1.29 is 4.39 Å². The maximum Gasteiger partial charge on any atom is 0.234 e. The number of pyridine rings is 1. The van der Waals surface area contributed by atoms with Crippen molar-refractivity contribution in [2.75, 3.05) is 0 Å². The van der Waals surface area contributed by atoms with Crippen molar-refractivity contribution in [3.05, 3.63) is 65.9 Å². The molecule has 0 aliphatic heterocycles. The number of nitrogens with zero attached hydrogens (tertiary/aromatic N) is 6. The van der Waals surface area contributed by atoms with Crippen LogP contribution in [0.5, 0.6) is 0 Å². The van der Waals surface area contributed by atoms with Crippen molar-refractivity contribution in [2.24, 2.45) is 0 Å². The van der Waals surface area contributed by atoms with Crippen LogP contribution >= 0.6 is 0 Å². The lowest BCUT2D eigenvalue weighted by Gasteiger charge is -2.07. The topological polar surface area (TPSA) is 60.9 Å². The molecule has 0 fully saturated rings. The van der Waals surface area contributed by atoms with E-state index in [9.17, 15) is 4.39 Å². The van der Waals surface area contributed by atoms with Crippen LogP contribution in [-0.2, 0) is 13.0 Å². The molecule has 0 aliphatic rings. The molecule has 4 heterocycles. The Balaban J connectivity index is 1.77. The van der Waals surface area contributed by atoms with Crippen LogP contribution in [0.2, 0.25) is 0 Å². The normalized spacial score (nSPS) is 11.3. The fourth-order valence-corrected chi connectivity index (χ4v) is 2.98. The summed E-state index contributed by atoms with van der Waals surface area (Å²) in [5, 5.41) is 0. The molecule has 0 saturated heterocycles. The molecule has 0 aliphatic carbocycles. The summed E-state index contributed by atoms with van der Waals surface area (Å²) in [6, 6.07) is 6.67. The lowest BCUT2D eigenvalue weighted by Crippen LogP contribution is -2.05. The molecule has 0 N–H and O–H groups in total. The van der Waals surface area contributed by atoms with Gasteiger partial charge >= 0.3 is 0 Å². The first kappa shape index (κ1) is 15.4. The predicted molar refractivity (Wildman–Crippen MR) is 91.6 cm³/mol. The highest BCUT2D eigenvalue weighted by Crippen LogP contribution is 2.19. The van der Waals surface area contributed by atoms with Gasteiger partial charge in [-0.2, -0.15) is 4.39 Å². The maximum atomic E-state index is 13.4. The molecular weight excluding hydrogens is 319 g/mol. The lowest BCUT2D eigenvalue weighted by molar-refractivity contribution is 0.584. The molecule has 0 amide bonds.